The number of rotatable bonds is 2. The molecule has 3 rings (SSSR count). The maximum atomic E-state index is 10.6. The largest absolute Gasteiger partial charge is 0.390 e. The van der Waals surface area contributed by atoms with Crippen molar-refractivity contribution in [1.29, 1.82) is 0 Å². The van der Waals surface area contributed by atoms with Crippen molar-refractivity contribution in [2.75, 3.05) is 6.61 Å². The van der Waals surface area contributed by atoms with Crippen molar-refractivity contribution in [2.45, 2.75) is 89.9 Å². The number of aliphatic hydroxyl groups excluding tert-OH is 2. The quantitative estimate of drug-likeness (QED) is 0.759. The number of hydrogen-bond acceptors (Lipinski definition) is 7. The van der Waals surface area contributed by atoms with Crippen molar-refractivity contribution in [3.8, 4) is 0 Å². The molecule has 0 aromatic heterocycles. The molecule has 2 N–H and O–H groups in total. The van der Waals surface area contributed by atoms with Crippen molar-refractivity contribution >= 4 is 0 Å². The lowest BCUT2D eigenvalue weighted by Crippen LogP contribution is -2.62. The summed E-state index contributed by atoms with van der Waals surface area (Å²) in [6, 6.07) is 0. The predicted molar refractivity (Wildman–Crippen MR) is 84.2 cm³/mol. The van der Waals surface area contributed by atoms with Crippen LogP contribution < -0.4 is 0 Å². The van der Waals surface area contributed by atoms with E-state index in [1.807, 2.05) is 27.7 Å². The van der Waals surface area contributed by atoms with Gasteiger partial charge in [-0.05, 0) is 20.8 Å². The van der Waals surface area contributed by atoms with Crippen LogP contribution in [0.3, 0.4) is 0 Å². The summed E-state index contributed by atoms with van der Waals surface area (Å²) < 4.78 is 29.0. The summed E-state index contributed by atoms with van der Waals surface area (Å²) in [4.78, 5) is 0. The third kappa shape index (κ3) is 3.35. The van der Waals surface area contributed by atoms with Gasteiger partial charge in [0, 0.05) is 11.8 Å². The molecule has 3 saturated heterocycles. The fourth-order valence-corrected chi connectivity index (χ4v) is 3.74. The predicted octanol–water partition coefficient (Wildman–Crippen LogP) is 0.659. The summed E-state index contributed by atoms with van der Waals surface area (Å²) in [5.74, 6) is -0.324. The van der Waals surface area contributed by atoms with Gasteiger partial charge in [-0.3, -0.25) is 0 Å². The normalized spacial score (nSPS) is 55.9. The van der Waals surface area contributed by atoms with Gasteiger partial charge in [0.15, 0.2) is 12.6 Å². The molecule has 0 radical (unpaired) electrons. The van der Waals surface area contributed by atoms with Crippen LogP contribution in [-0.4, -0.2) is 72.1 Å². The van der Waals surface area contributed by atoms with Crippen molar-refractivity contribution in [3.63, 3.8) is 0 Å². The molecule has 0 saturated carbocycles. The minimum atomic E-state index is -0.714. The average molecular weight is 346 g/mol. The number of fused-ring (bicyclic) bond motifs is 1. The zero-order valence-electron chi connectivity index (χ0n) is 15.0. The van der Waals surface area contributed by atoms with Crippen LogP contribution in [0.2, 0.25) is 0 Å². The van der Waals surface area contributed by atoms with Gasteiger partial charge in [-0.15, -0.1) is 0 Å². The van der Waals surface area contributed by atoms with Crippen molar-refractivity contribution < 1.29 is 33.9 Å². The summed E-state index contributed by atoms with van der Waals surface area (Å²) in [6.07, 6.45) is -3.96. The molecule has 5 unspecified atom stereocenters. The Morgan fingerprint density at radius 2 is 1.54 bits per heavy atom. The first-order chi connectivity index (χ1) is 11.3. The molecule has 3 aliphatic heterocycles. The van der Waals surface area contributed by atoms with E-state index in [9.17, 15) is 10.2 Å². The maximum absolute atomic E-state index is 10.6. The van der Waals surface area contributed by atoms with Crippen LogP contribution in [0.5, 0.6) is 0 Å². The Kier molecular flexibility index (Phi) is 5.51. The van der Waals surface area contributed by atoms with E-state index >= 15 is 0 Å². The molecule has 140 valence electrons. The van der Waals surface area contributed by atoms with Crippen LogP contribution in [0.1, 0.15) is 34.6 Å². The highest BCUT2D eigenvalue weighted by Crippen LogP contribution is 2.35. The van der Waals surface area contributed by atoms with Gasteiger partial charge in [-0.25, -0.2) is 0 Å². The molecule has 3 heterocycles. The monoisotopic (exact) mass is 346 g/mol. The standard InChI is InChI=1S/C17H30O7/c1-7-9(3)21-10(4)15(13(7)18)24-17-8(2)14(19)16-12(23-17)6-20-11(5)22-16/h7-19H,6H2,1-5H3/t7?,8?,9-,10?,11?,12?,13-,14+,15+,16+,17-/m0/s1. The lowest BCUT2D eigenvalue weighted by molar-refractivity contribution is -0.363. The molecule has 7 heteroatoms. The van der Waals surface area contributed by atoms with E-state index in [0.717, 1.165) is 0 Å². The van der Waals surface area contributed by atoms with Crippen molar-refractivity contribution in [3.05, 3.63) is 0 Å². The summed E-state index contributed by atoms with van der Waals surface area (Å²) in [5, 5.41) is 21.1. The van der Waals surface area contributed by atoms with E-state index < -0.39 is 30.7 Å². The summed E-state index contributed by atoms with van der Waals surface area (Å²) in [5.41, 5.74) is 0. The molecule has 0 aromatic carbocycles. The van der Waals surface area contributed by atoms with Crippen LogP contribution in [0.25, 0.3) is 0 Å². The van der Waals surface area contributed by atoms with E-state index in [-0.39, 0.29) is 36.4 Å². The molecule has 3 aliphatic rings. The molecule has 0 amide bonds. The molecule has 0 bridgehead atoms. The highest BCUT2D eigenvalue weighted by Gasteiger charge is 2.49. The van der Waals surface area contributed by atoms with Gasteiger partial charge in [-0.2, -0.15) is 0 Å². The van der Waals surface area contributed by atoms with Gasteiger partial charge in [0.1, 0.15) is 18.3 Å². The minimum absolute atomic E-state index is 0.0313. The topological polar surface area (TPSA) is 86.6 Å². The third-order valence-corrected chi connectivity index (χ3v) is 5.62. The van der Waals surface area contributed by atoms with Gasteiger partial charge in [0.2, 0.25) is 0 Å². The van der Waals surface area contributed by atoms with Gasteiger partial charge >= 0.3 is 0 Å². The van der Waals surface area contributed by atoms with E-state index in [2.05, 4.69) is 0 Å². The first-order valence-corrected chi connectivity index (χ1v) is 8.89. The van der Waals surface area contributed by atoms with Gasteiger partial charge in [0.25, 0.3) is 0 Å². The number of aliphatic hydroxyl groups is 2. The second kappa shape index (κ2) is 7.15. The zero-order chi connectivity index (χ0) is 17.6. The smallest absolute Gasteiger partial charge is 0.163 e. The van der Waals surface area contributed by atoms with Crippen LogP contribution in [-0.2, 0) is 23.7 Å². The van der Waals surface area contributed by atoms with Crippen LogP contribution in [0.4, 0.5) is 0 Å². The Bertz CT molecular complexity index is 431. The summed E-state index contributed by atoms with van der Waals surface area (Å²) in [7, 11) is 0. The van der Waals surface area contributed by atoms with Crippen LogP contribution in [0.15, 0.2) is 0 Å². The van der Waals surface area contributed by atoms with Crippen molar-refractivity contribution in [1.82, 2.24) is 0 Å². The van der Waals surface area contributed by atoms with Crippen LogP contribution >= 0.6 is 0 Å². The fraction of sp³-hybridized carbons (Fsp3) is 1.00. The number of ether oxygens (including phenoxy) is 5. The third-order valence-electron chi connectivity index (χ3n) is 5.62. The Morgan fingerprint density at radius 1 is 0.833 bits per heavy atom. The molecule has 24 heavy (non-hydrogen) atoms. The number of hydrogen-bond donors (Lipinski definition) is 2. The van der Waals surface area contributed by atoms with Crippen LogP contribution in [0, 0.1) is 11.8 Å². The second-order valence-electron chi connectivity index (χ2n) is 7.39. The maximum Gasteiger partial charge on any atom is 0.163 e. The molecular formula is C17H30O7. The molecular weight excluding hydrogens is 316 g/mol. The SMILES string of the molecule is CC1OCC2O[C@@H](O[C@@H]3C(C)O[C@@H](C)C(C)[C@@H]3O)C(C)[C@@H](O)[C@@H]2O1. The average Bonchev–Trinajstić information content (AvgIpc) is 2.54. The van der Waals surface area contributed by atoms with Crippen molar-refractivity contribution in [2.24, 2.45) is 11.8 Å². The van der Waals surface area contributed by atoms with E-state index in [4.69, 9.17) is 23.7 Å². The highest BCUT2D eigenvalue weighted by atomic mass is 16.8. The lowest BCUT2D eigenvalue weighted by atomic mass is 9.88. The van der Waals surface area contributed by atoms with Gasteiger partial charge in [0.05, 0.1) is 31.0 Å². The molecule has 11 atom stereocenters. The summed E-state index contributed by atoms with van der Waals surface area (Å²) >= 11 is 0. The molecule has 3 fully saturated rings. The van der Waals surface area contributed by atoms with E-state index in [1.165, 1.54) is 0 Å². The summed E-state index contributed by atoms with van der Waals surface area (Å²) in [6.45, 7) is 9.79. The van der Waals surface area contributed by atoms with Gasteiger partial charge in [-0.1, -0.05) is 13.8 Å². The second-order valence-corrected chi connectivity index (χ2v) is 7.39. The fourth-order valence-electron chi connectivity index (χ4n) is 3.74. The zero-order valence-corrected chi connectivity index (χ0v) is 15.0. The molecule has 7 nitrogen and oxygen atoms in total. The molecule has 0 aliphatic carbocycles. The Morgan fingerprint density at radius 3 is 2.25 bits per heavy atom. The Hall–Kier alpha value is -0.280. The lowest BCUT2D eigenvalue weighted by Gasteiger charge is -2.49. The minimum Gasteiger partial charge on any atom is -0.390 e. The van der Waals surface area contributed by atoms with Gasteiger partial charge < -0.3 is 33.9 Å². The van der Waals surface area contributed by atoms with E-state index in [1.54, 1.807) is 6.92 Å². The van der Waals surface area contributed by atoms with E-state index in [0.29, 0.717) is 6.61 Å². The first kappa shape index (κ1) is 18.5. The Labute approximate surface area is 143 Å². The molecule has 0 aromatic rings. The molecule has 0 spiro atoms. The highest BCUT2D eigenvalue weighted by molar-refractivity contribution is 4.93. The first-order valence-electron chi connectivity index (χ1n) is 8.89. The Balaban J connectivity index is 1.68.